The van der Waals surface area contributed by atoms with Gasteiger partial charge in [-0.25, -0.2) is 8.78 Å². The average Bonchev–Trinajstić information content (AvgIpc) is 2.79. The van der Waals surface area contributed by atoms with E-state index in [4.69, 9.17) is 0 Å². The van der Waals surface area contributed by atoms with Gasteiger partial charge in [0.05, 0.1) is 11.7 Å². The van der Waals surface area contributed by atoms with E-state index >= 15 is 0 Å². The van der Waals surface area contributed by atoms with Gasteiger partial charge >= 0.3 is 0 Å². The Morgan fingerprint density at radius 2 is 1.95 bits per heavy atom. The second-order valence-electron chi connectivity index (χ2n) is 4.43. The maximum Gasteiger partial charge on any atom is 0.129 e. The van der Waals surface area contributed by atoms with Gasteiger partial charge in [0.15, 0.2) is 0 Å². The van der Waals surface area contributed by atoms with Gasteiger partial charge in [-0.1, -0.05) is 13.0 Å². The number of aryl methyl sites for hydroxylation is 1. The Hall–Kier alpha value is -1.75. The molecule has 0 spiro atoms. The monoisotopic (exact) mass is 265 g/mol. The minimum absolute atomic E-state index is 0.0964. The first kappa shape index (κ1) is 13.7. The second-order valence-corrected chi connectivity index (χ2v) is 4.43. The highest BCUT2D eigenvalue weighted by Gasteiger charge is 2.18. The molecule has 0 aliphatic heterocycles. The van der Waals surface area contributed by atoms with Crippen LogP contribution in [0.1, 0.15) is 24.2 Å². The first-order chi connectivity index (χ1) is 9.11. The fourth-order valence-electron chi connectivity index (χ4n) is 2.08. The first-order valence-electron chi connectivity index (χ1n) is 6.27. The van der Waals surface area contributed by atoms with Crippen molar-refractivity contribution in [1.29, 1.82) is 0 Å². The summed E-state index contributed by atoms with van der Waals surface area (Å²) in [7, 11) is 1.82. The molecule has 2 aromatic rings. The van der Waals surface area contributed by atoms with Crippen LogP contribution >= 0.6 is 0 Å². The van der Waals surface area contributed by atoms with Crippen molar-refractivity contribution in [3.63, 3.8) is 0 Å². The zero-order chi connectivity index (χ0) is 13.8. The second kappa shape index (κ2) is 5.93. The summed E-state index contributed by atoms with van der Waals surface area (Å²) in [5.74, 6) is -1.03. The minimum Gasteiger partial charge on any atom is -0.309 e. The van der Waals surface area contributed by atoms with Crippen molar-refractivity contribution in [2.75, 3.05) is 6.54 Å². The summed E-state index contributed by atoms with van der Waals surface area (Å²) in [5.41, 5.74) is 0.881. The molecule has 1 atom stereocenters. The summed E-state index contributed by atoms with van der Waals surface area (Å²) in [6.45, 7) is 2.66. The highest BCUT2D eigenvalue weighted by atomic mass is 19.1. The highest BCUT2D eigenvalue weighted by molar-refractivity contribution is 5.22. The average molecular weight is 265 g/mol. The molecular weight excluding hydrogens is 248 g/mol. The van der Waals surface area contributed by atoms with E-state index in [1.165, 1.54) is 18.2 Å². The van der Waals surface area contributed by atoms with Crippen LogP contribution in [0.4, 0.5) is 8.78 Å². The number of hydrogen-bond donors (Lipinski definition) is 1. The number of benzene rings is 1. The van der Waals surface area contributed by atoms with Crippen molar-refractivity contribution >= 4 is 0 Å². The van der Waals surface area contributed by atoms with Crippen LogP contribution in [0.3, 0.4) is 0 Å². The van der Waals surface area contributed by atoms with Crippen LogP contribution in [0.15, 0.2) is 30.5 Å². The minimum atomic E-state index is -0.515. The molecule has 0 aliphatic carbocycles. The molecule has 1 unspecified atom stereocenters. The molecule has 1 aromatic carbocycles. The predicted octanol–water partition coefficient (Wildman–Crippen LogP) is 2.59. The molecule has 0 saturated heterocycles. The molecule has 0 fully saturated rings. The van der Waals surface area contributed by atoms with Crippen LogP contribution in [0.25, 0.3) is 0 Å². The Balaban J connectivity index is 2.26. The predicted molar refractivity (Wildman–Crippen MR) is 69.7 cm³/mol. The summed E-state index contributed by atoms with van der Waals surface area (Å²) >= 11 is 0. The number of halogens is 2. The van der Waals surface area contributed by atoms with E-state index < -0.39 is 11.6 Å². The summed E-state index contributed by atoms with van der Waals surface area (Å²) in [5, 5.41) is 7.50. The Labute approximate surface area is 111 Å². The molecule has 0 saturated carbocycles. The van der Waals surface area contributed by atoms with Crippen LogP contribution < -0.4 is 5.32 Å². The maximum atomic E-state index is 13.7. The molecule has 5 heteroatoms. The molecule has 19 heavy (non-hydrogen) atoms. The van der Waals surface area contributed by atoms with Gasteiger partial charge in [-0.05, 0) is 31.2 Å². The lowest BCUT2D eigenvalue weighted by Crippen LogP contribution is -2.24. The third-order valence-corrected chi connectivity index (χ3v) is 3.01. The molecular formula is C14H17F2N3. The number of likely N-dealkylation sites (N-methyl/N-ethyl adjacent to an activating group) is 1. The molecule has 1 aromatic heterocycles. The van der Waals surface area contributed by atoms with E-state index in [1.807, 2.05) is 26.2 Å². The number of rotatable bonds is 5. The van der Waals surface area contributed by atoms with Gasteiger partial charge in [-0.2, -0.15) is 5.10 Å². The van der Waals surface area contributed by atoms with Crippen LogP contribution in [-0.2, 0) is 13.5 Å². The lowest BCUT2D eigenvalue weighted by molar-refractivity contribution is 0.488. The van der Waals surface area contributed by atoms with E-state index in [0.29, 0.717) is 6.54 Å². The van der Waals surface area contributed by atoms with E-state index in [0.717, 1.165) is 5.69 Å². The lowest BCUT2D eigenvalue weighted by Gasteiger charge is -2.16. The summed E-state index contributed by atoms with van der Waals surface area (Å²) in [6, 6.07) is 5.58. The van der Waals surface area contributed by atoms with E-state index in [9.17, 15) is 8.78 Å². The molecule has 0 amide bonds. The Bertz CT molecular complexity index is 531. The molecule has 3 nitrogen and oxygen atoms in total. The van der Waals surface area contributed by atoms with Crippen molar-refractivity contribution in [2.24, 2.45) is 7.05 Å². The van der Waals surface area contributed by atoms with Crippen molar-refractivity contribution in [2.45, 2.75) is 19.4 Å². The SMILES string of the molecule is CCNC(Cc1c(F)cccc1F)c1ccn(C)n1. The van der Waals surface area contributed by atoms with Crippen molar-refractivity contribution in [3.05, 3.63) is 53.4 Å². The fraction of sp³-hybridized carbons (Fsp3) is 0.357. The van der Waals surface area contributed by atoms with Gasteiger partial charge in [0.25, 0.3) is 0 Å². The Morgan fingerprint density at radius 3 is 2.47 bits per heavy atom. The van der Waals surface area contributed by atoms with Crippen LogP contribution in [0.2, 0.25) is 0 Å². The molecule has 1 N–H and O–H groups in total. The van der Waals surface area contributed by atoms with Gasteiger partial charge in [0.1, 0.15) is 11.6 Å². The maximum absolute atomic E-state index is 13.7. The normalized spacial score (nSPS) is 12.6. The molecule has 0 radical (unpaired) electrons. The van der Waals surface area contributed by atoms with Gasteiger partial charge in [0, 0.05) is 18.8 Å². The van der Waals surface area contributed by atoms with E-state index in [2.05, 4.69) is 10.4 Å². The van der Waals surface area contributed by atoms with E-state index in [1.54, 1.807) is 4.68 Å². The molecule has 1 heterocycles. The van der Waals surface area contributed by atoms with Crippen LogP contribution in [0, 0.1) is 11.6 Å². The van der Waals surface area contributed by atoms with Crippen LogP contribution in [0.5, 0.6) is 0 Å². The van der Waals surface area contributed by atoms with Gasteiger partial charge in [-0.15, -0.1) is 0 Å². The highest BCUT2D eigenvalue weighted by Crippen LogP contribution is 2.21. The third kappa shape index (κ3) is 3.17. The first-order valence-corrected chi connectivity index (χ1v) is 6.27. The van der Waals surface area contributed by atoms with Gasteiger partial charge in [-0.3, -0.25) is 4.68 Å². The quantitative estimate of drug-likeness (QED) is 0.900. The largest absolute Gasteiger partial charge is 0.309 e. The van der Waals surface area contributed by atoms with Gasteiger partial charge < -0.3 is 5.32 Å². The fourth-order valence-corrected chi connectivity index (χ4v) is 2.08. The topological polar surface area (TPSA) is 29.9 Å². The standard InChI is InChI=1S/C14H17F2N3/c1-3-17-14(13-7-8-19(2)18-13)9-10-11(15)5-4-6-12(10)16/h4-8,14,17H,3,9H2,1-2H3. The zero-order valence-corrected chi connectivity index (χ0v) is 11.0. The third-order valence-electron chi connectivity index (χ3n) is 3.01. The van der Waals surface area contributed by atoms with E-state index in [-0.39, 0.29) is 18.0 Å². The number of aromatic nitrogens is 2. The summed E-state index contributed by atoms with van der Waals surface area (Å²) < 4.78 is 29.0. The van der Waals surface area contributed by atoms with Crippen molar-refractivity contribution in [1.82, 2.24) is 15.1 Å². The van der Waals surface area contributed by atoms with Crippen LogP contribution in [-0.4, -0.2) is 16.3 Å². The Kier molecular flexibility index (Phi) is 4.27. The molecule has 2 rings (SSSR count). The van der Waals surface area contributed by atoms with Crippen molar-refractivity contribution < 1.29 is 8.78 Å². The van der Waals surface area contributed by atoms with Crippen molar-refractivity contribution in [3.8, 4) is 0 Å². The number of hydrogen-bond acceptors (Lipinski definition) is 2. The zero-order valence-electron chi connectivity index (χ0n) is 11.0. The Morgan fingerprint density at radius 1 is 1.26 bits per heavy atom. The number of nitrogens with one attached hydrogen (secondary N) is 1. The molecule has 0 aliphatic rings. The smallest absolute Gasteiger partial charge is 0.129 e. The number of nitrogens with zero attached hydrogens (tertiary/aromatic N) is 2. The van der Waals surface area contributed by atoms with Gasteiger partial charge in [0.2, 0.25) is 0 Å². The summed E-state index contributed by atoms with van der Waals surface area (Å²) in [6.07, 6.45) is 2.06. The lowest BCUT2D eigenvalue weighted by atomic mass is 10.0. The molecule has 0 bridgehead atoms. The molecule has 102 valence electrons. The summed E-state index contributed by atoms with van der Waals surface area (Å²) in [4.78, 5) is 0.